The second-order valence-corrected chi connectivity index (χ2v) is 6.09. The SMILES string of the molecule is c1ccc(N2CCCCC2)c(NCC2CCCCN2)c1. The van der Waals surface area contributed by atoms with Gasteiger partial charge >= 0.3 is 0 Å². The molecule has 2 aliphatic rings. The summed E-state index contributed by atoms with van der Waals surface area (Å²) >= 11 is 0. The maximum absolute atomic E-state index is 3.68. The molecule has 1 aromatic carbocycles. The van der Waals surface area contributed by atoms with Crippen molar-refractivity contribution in [1.29, 1.82) is 0 Å². The molecule has 2 saturated heterocycles. The zero-order valence-corrected chi connectivity index (χ0v) is 12.4. The van der Waals surface area contributed by atoms with Gasteiger partial charge in [-0.2, -0.15) is 0 Å². The standard InChI is InChI=1S/C17H27N3/c1-6-12-20(13-7-1)17-10-3-2-9-16(17)19-14-15-8-4-5-11-18-15/h2-3,9-10,15,18-19H,1,4-8,11-14H2. The van der Waals surface area contributed by atoms with E-state index in [1.807, 2.05) is 0 Å². The van der Waals surface area contributed by atoms with Crippen molar-refractivity contribution in [2.75, 3.05) is 36.4 Å². The minimum atomic E-state index is 0.637. The predicted molar refractivity (Wildman–Crippen MR) is 86.6 cm³/mol. The van der Waals surface area contributed by atoms with E-state index in [0.717, 1.165) is 6.54 Å². The Kier molecular flexibility index (Phi) is 4.80. The van der Waals surface area contributed by atoms with Crippen LogP contribution in [0.2, 0.25) is 0 Å². The van der Waals surface area contributed by atoms with E-state index in [1.54, 1.807) is 0 Å². The Bertz CT molecular complexity index is 406. The summed E-state index contributed by atoms with van der Waals surface area (Å²) in [5.41, 5.74) is 2.70. The van der Waals surface area contributed by atoms with Crippen molar-refractivity contribution in [3.05, 3.63) is 24.3 Å². The van der Waals surface area contributed by atoms with Crippen molar-refractivity contribution in [2.24, 2.45) is 0 Å². The zero-order chi connectivity index (χ0) is 13.6. The van der Waals surface area contributed by atoms with Crippen LogP contribution in [0.3, 0.4) is 0 Å². The van der Waals surface area contributed by atoms with Crippen LogP contribution >= 0.6 is 0 Å². The van der Waals surface area contributed by atoms with E-state index in [4.69, 9.17) is 0 Å². The Morgan fingerprint density at radius 1 is 1.05 bits per heavy atom. The molecule has 3 rings (SSSR count). The molecule has 1 unspecified atom stereocenters. The number of para-hydroxylation sites is 2. The van der Waals surface area contributed by atoms with Gasteiger partial charge in [-0.25, -0.2) is 0 Å². The molecular formula is C17H27N3. The fraction of sp³-hybridized carbons (Fsp3) is 0.647. The van der Waals surface area contributed by atoms with Gasteiger partial charge in [-0.05, 0) is 50.8 Å². The number of nitrogens with one attached hydrogen (secondary N) is 2. The van der Waals surface area contributed by atoms with Crippen molar-refractivity contribution in [3.8, 4) is 0 Å². The van der Waals surface area contributed by atoms with Crippen LogP contribution in [0.5, 0.6) is 0 Å². The van der Waals surface area contributed by atoms with Gasteiger partial charge in [0.2, 0.25) is 0 Å². The molecule has 1 aromatic rings. The highest BCUT2D eigenvalue weighted by molar-refractivity contribution is 5.70. The van der Waals surface area contributed by atoms with Crippen LogP contribution in [0.25, 0.3) is 0 Å². The molecule has 0 radical (unpaired) electrons. The summed E-state index contributed by atoms with van der Waals surface area (Å²) in [6.45, 7) is 4.64. The number of benzene rings is 1. The third-order valence-electron chi connectivity index (χ3n) is 4.55. The molecule has 0 spiro atoms. The highest BCUT2D eigenvalue weighted by Gasteiger charge is 2.16. The van der Waals surface area contributed by atoms with Crippen molar-refractivity contribution >= 4 is 11.4 Å². The second kappa shape index (κ2) is 6.98. The highest BCUT2D eigenvalue weighted by atomic mass is 15.2. The molecule has 0 aromatic heterocycles. The first-order chi connectivity index (χ1) is 9.93. The molecule has 3 heteroatoms. The number of nitrogens with zero attached hydrogens (tertiary/aromatic N) is 1. The molecule has 3 nitrogen and oxygen atoms in total. The molecule has 110 valence electrons. The largest absolute Gasteiger partial charge is 0.382 e. The van der Waals surface area contributed by atoms with Crippen molar-refractivity contribution in [1.82, 2.24) is 5.32 Å². The highest BCUT2D eigenvalue weighted by Crippen LogP contribution is 2.28. The van der Waals surface area contributed by atoms with E-state index in [-0.39, 0.29) is 0 Å². The molecule has 0 bridgehead atoms. The summed E-state index contributed by atoms with van der Waals surface area (Å²) < 4.78 is 0. The fourth-order valence-electron chi connectivity index (χ4n) is 3.37. The summed E-state index contributed by atoms with van der Waals surface area (Å²) in [5, 5.41) is 7.29. The molecule has 0 aliphatic carbocycles. The number of rotatable bonds is 4. The van der Waals surface area contributed by atoms with Gasteiger partial charge in [-0.1, -0.05) is 18.6 Å². The smallest absolute Gasteiger partial charge is 0.0602 e. The van der Waals surface area contributed by atoms with Gasteiger partial charge in [0.1, 0.15) is 0 Å². The number of hydrogen-bond acceptors (Lipinski definition) is 3. The topological polar surface area (TPSA) is 27.3 Å². The molecule has 20 heavy (non-hydrogen) atoms. The van der Waals surface area contributed by atoms with E-state index in [1.165, 1.54) is 69.5 Å². The summed E-state index contributed by atoms with van der Waals surface area (Å²) in [4.78, 5) is 2.54. The van der Waals surface area contributed by atoms with E-state index >= 15 is 0 Å². The third-order valence-corrected chi connectivity index (χ3v) is 4.55. The van der Waals surface area contributed by atoms with E-state index in [0.29, 0.717) is 6.04 Å². The molecule has 0 saturated carbocycles. The lowest BCUT2D eigenvalue weighted by atomic mass is 10.0. The van der Waals surface area contributed by atoms with E-state index < -0.39 is 0 Å². The first-order valence-electron chi connectivity index (χ1n) is 8.25. The summed E-state index contributed by atoms with van der Waals surface area (Å²) in [6, 6.07) is 9.44. The average Bonchev–Trinajstić information content (AvgIpc) is 2.55. The molecule has 2 aliphatic heterocycles. The van der Waals surface area contributed by atoms with Crippen LogP contribution in [0.4, 0.5) is 11.4 Å². The monoisotopic (exact) mass is 273 g/mol. The van der Waals surface area contributed by atoms with Crippen LogP contribution in [0.15, 0.2) is 24.3 Å². The Morgan fingerprint density at radius 2 is 1.90 bits per heavy atom. The Morgan fingerprint density at radius 3 is 2.70 bits per heavy atom. The van der Waals surface area contributed by atoms with E-state index in [2.05, 4.69) is 39.8 Å². The molecular weight excluding hydrogens is 246 g/mol. The van der Waals surface area contributed by atoms with Gasteiger partial charge in [-0.3, -0.25) is 0 Å². The number of anilines is 2. The lowest BCUT2D eigenvalue weighted by Gasteiger charge is -2.31. The van der Waals surface area contributed by atoms with Gasteiger partial charge in [0.15, 0.2) is 0 Å². The lowest BCUT2D eigenvalue weighted by Crippen LogP contribution is -2.39. The maximum Gasteiger partial charge on any atom is 0.0602 e. The summed E-state index contributed by atoms with van der Waals surface area (Å²) in [5.74, 6) is 0. The molecule has 2 fully saturated rings. The quantitative estimate of drug-likeness (QED) is 0.882. The van der Waals surface area contributed by atoms with Gasteiger partial charge in [0.05, 0.1) is 11.4 Å². The Balaban J connectivity index is 1.62. The van der Waals surface area contributed by atoms with Gasteiger partial charge in [0.25, 0.3) is 0 Å². The van der Waals surface area contributed by atoms with E-state index in [9.17, 15) is 0 Å². The fourth-order valence-corrected chi connectivity index (χ4v) is 3.37. The summed E-state index contributed by atoms with van der Waals surface area (Å²) in [7, 11) is 0. The Hall–Kier alpha value is -1.22. The van der Waals surface area contributed by atoms with Crippen molar-refractivity contribution in [3.63, 3.8) is 0 Å². The number of hydrogen-bond donors (Lipinski definition) is 2. The molecule has 1 atom stereocenters. The van der Waals surface area contributed by atoms with Crippen LogP contribution in [0.1, 0.15) is 38.5 Å². The van der Waals surface area contributed by atoms with Gasteiger partial charge < -0.3 is 15.5 Å². The van der Waals surface area contributed by atoms with Crippen LogP contribution in [-0.2, 0) is 0 Å². The molecule has 0 amide bonds. The predicted octanol–water partition coefficient (Wildman–Crippen LogP) is 3.23. The van der Waals surface area contributed by atoms with Gasteiger partial charge in [-0.15, -0.1) is 0 Å². The number of piperidine rings is 2. The minimum Gasteiger partial charge on any atom is -0.382 e. The van der Waals surface area contributed by atoms with Crippen molar-refractivity contribution in [2.45, 2.75) is 44.6 Å². The van der Waals surface area contributed by atoms with Crippen molar-refractivity contribution < 1.29 is 0 Å². The van der Waals surface area contributed by atoms with Crippen LogP contribution < -0.4 is 15.5 Å². The average molecular weight is 273 g/mol. The Labute approximate surface area is 122 Å². The molecule has 2 N–H and O–H groups in total. The van der Waals surface area contributed by atoms with Crippen LogP contribution in [0, 0.1) is 0 Å². The van der Waals surface area contributed by atoms with Gasteiger partial charge in [0, 0.05) is 25.7 Å². The second-order valence-electron chi connectivity index (χ2n) is 6.09. The third kappa shape index (κ3) is 3.45. The zero-order valence-electron chi connectivity index (χ0n) is 12.4. The maximum atomic E-state index is 3.68. The first-order valence-corrected chi connectivity index (χ1v) is 8.25. The normalized spacial score (nSPS) is 23.6. The summed E-state index contributed by atoms with van der Waals surface area (Å²) in [6.07, 6.45) is 8.06. The van der Waals surface area contributed by atoms with Crippen LogP contribution in [-0.4, -0.2) is 32.2 Å². The molecule has 2 heterocycles. The first kappa shape index (κ1) is 13.7. The lowest BCUT2D eigenvalue weighted by molar-refractivity contribution is 0.414. The minimum absolute atomic E-state index is 0.637.